The van der Waals surface area contributed by atoms with Crippen molar-refractivity contribution in [1.82, 2.24) is 0 Å². The quantitative estimate of drug-likeness (QED) is 0.894. The lowest BCUT2D eigenvalue weighted by atomic mass is 9.97. The number of carbonyl (C=O) groups is 1. The summed E-state index contributed by atoms with van der Waals surface area (Å²) < 4.78 is 0. The molecule has 0 saturated carbocycles. The Balaban J connectivity index is 2.13. The average Bonchev–Trinajstić information content (AvgIpc) is 2.49. The topological polar surface area (TPSA) is 32.3 Å². The number of rotatable bonds is 2. The van der Waals surface area contributed by atoms with Gasteiger partial charge < -0.3 is 5.32 Å². The highest BCUT2D eigenvalue weighted by molar-refractivity contribution is 6.12. The monoisotopic (exact) mass is 280 g/mol. The highest BCUT2D eigenvalue weighted by Gasteiger charge is 2.40. The number of hydrogen-bond acceptors (Lipinski definition) is 2. The molecule has 1 unspecified atom stereocenters. The minimum atomic E-state index is -0.416. The Morgan fingerprint density at radius 3 is 2.43 bits per heavy atom. The molecule has 1 aliphatic rings. The number of para-hydroxylation sites is 1. The molecule has 0 bridgehead atoms. The summed E-state index contributed by atoms with van der Waals surface area (Å²) in [6, 6.07) is 15.8. The largest absolute Gasteiger partial charge is 0.362 e. The van der Waals surface area contributed by atoms with E-state index in [1.165, 1.54) is 5.56 Å². The molecule has 3 nitrogen and oxygen atoms in total. The van der Waals surface area contributed by atoms with Gasteiger partial charge in [0.05, 0.1) is 5.56 Å². The van der Waals surface area contributed by atoms with Crippen LogP contribution >= 0.6 is 0 Å². The van der Waals surface area contributed by atoms with Crippen molar-refractivity contribution in [3.05, 3.63) is 59.7 Å². The van der Waals surface area contributed by atoms with Crippen molar-refractivity contribution in [2.45, 2.75) is 32.9 Å². The minimum absolute atomic E-state index is 0.0533. The molecule has 1 aliphatic heterocycles. The van der Waals surface area contributed by atoms with Crippen LogP contribution in [0.3, 0.4) is 0 Å². The van der Waals surface area contributed by atoms with Gasteiger partial charge in [0.25, 0.3) is 5.91 Å². The molecule has 2 aromatic carbocycles. The molecule has 108 valence electrons. The Morgan fingerprint density at radius 2 is 1.76 bits per heavy atom. The summed E-state index contributed by atoms with van der Waals surface area (Å²) in [6.45, 7) is 6.21. The fourth-order valence-corrected chi connectivity index (χ4v) is 2.81. The molecule has 0 radical (unpaired) electrons. The molecule has 0 fully saturated rings. The molecule has 1 heterocycles. The van der Waals surface area contributed by atoms with E-state index in [4.69, 9.17) is 0 Å². The Morgan fingerprint density at radius 1 is 1.10 bits per heavy atom. The lowest BCUT2D eigenvalue weighted by Gasteiger charge is -2.46. The fourth-order valence-electron chi connectivity index (χ4n) is 2.81. The summed E-state index contributed by atoms with van der Waals surface area (Å²) in [6.07, 6.45) is 0.820. The zero-order valence-corrected chi connectivity index (χ0v) is 12.7. The van der Waals surface area contributed by atoms with E-state index in [0.29, 0.717) is 0 Å². The maximum atomic E-state index is 13.0. The highest BCUT2D eigenvalue weighted by Crippen LogP contribution is 2.36. The number of nitrogens with zero attached hydrogens (tertiary/aromatic N) is 1. The molecule has 3 rings (SSSR count). The molecule has 0 saturated heterocycles. The maximum Gasteiger partial charge on any atom is 0.262 e. The van der Waals surface area contributed by atoms with Crippen molar-refractivity contribution in [3.8, 4) is 0 Å². The first-order chi connectivity index (χ1) is 10.0. The molecule has 3 heteroatoms. The molecular formula is C18H20N2O. The molecule has 0 aliphatic carbocycles. The van der Waals surface area contributed by atoms with E-state index in [0.717, 1.165) is 23.4 Å². The van der Waals surface area contributed by atoms with E-state index >= 15 is 0 Å². The third kappa shape index (κ3) is 2.19. The third-order valence-electron chi connectivity index (χ3n) is 4.24. The number of carbonyl (C=O) groups excluding carboxylic acids is 1. The molecule has 0 spiro atoms. The number of aryl methyl sites for hydroxylation is 1. The van der Waals surface area contributed by atoms with Crippen molar-refractivity contribution >= 4 is 17.3 Å². The van der Waals surface area contributed by atoms with Gasteiger partial charge in [0.15, 0.2) is 0 Å². The van der Waals surface area contributed by atoms with Crippen LogP contribution in [0.5, 0.6) is 0 Å². The van der Waals surface area contributed by atoms with Gasteiger partial charge >= 0.3 is 0 Å². The summed E-state index contributed by atoms with van der Waals surface area (Å²) in [5, 5.41) is 3.52. The van der Waals surface area contributed by atoms with E-state index in [-0.39, 0.29) is 5.91 Å². The fraction of sp³-hybridized carbons (Fsp3) is 0.278. The molecule has 1 N–H and O–H groups in total. The van der Waals surface area contributed by atoms with E-state index in [1.54, 1.807) is 0 Å². The second kappa shape index (κ2) is 4.92. The van der Waals surface area contributed by atoms with Crippen LogP contribution in [0.2, 0.25) is 0 Å². The van der Waals surface area contributed by atoms with Crippen LogP contribution in [0.15, 0.2) is 48.5 Å². The van der Waals surface area contributed by atoms with E-state index in [1.807, 2.05) is 60.4 Å². The number of amides is 1. The number of fused-ring (bicyclic) bond motifs is 1. The van der Waals surface area contributed by atoms with Gasteiger partial charge in [-0.2, -0.15) is 0 Å². The normalized spacial score (nSPS) is 20.9. The van der Waals surface area contributed by atoms with Crippen LogP contribution < -0.4 is 10.2 Å². The van der Waals surface area contributed by atoms with Gasteiger partial charge in [0, 0.05) is 11.4 Å². The Bertz CT molecular complexity index is 678. The first-order valence-corrected chi connectivity index (χ1v) is 7.33. The van der Waals surface area contributed by atoms with Crippen molar-refractivity contribution in [2.24, 2.45) is 0 Å². The summed E-state index contributed by atoms with van der Waals surface area (Å²) in [4.78, 5) is 14.8. The summed E-state index contributed by atoms with van der Waals surface area (Å²) >= 11 is 0. The zero-order valence-electron chi connectivity index (χ0n) is 12.7. The highest BCUT2D eigenvalue weighted by atomic mass is 16.2. The molecule has 2 aromatic rings. The predicted octanol–water partition coefficient (Wildman–Crippen LogP) is 4.19. The van der Waals surface area contributed by atoms with Gasteiger partial charge in [0.1, 0.15) is 5.66 Å². The number of hydrogen-bond donors (Lipinski definition) is 1. The van der Waals surface area contributed by atoms with Gasteiger partial charge in [0.2, 0.25) is 0 Å². The Labute approximate surface area is 125 Å². The smallest absolute Gasteiger partial charge is 0.262 e. The van der Waals surface area contributed by atoms with Crippen molar-refractivity contribution in [3.63, 3.8) is 0 Å². The van der Waals surface area contributed by atoms with Gasteiger partial charge in [-0.3, -0.25) is 9.69 Å². The van der Waals surface area contributed by atoms with Crippen LogP contribution in [0.25, 0.3) is 0 Å². The molecule has 0 aromatic heterocycles. The van der Waals surface area contributed by atoms with Gasteiger partial charge in [-0.15, -0.1) is 0 Å². The summed E-state index contributed by atoms with van der Waals surface area (Å²) in [7, 11) is 0. The van der Waals surface area contributed by atoms with Crippen LogP contribution in [0.1, 0.15) is 36.2 Å². The van der Waals surface area contributed by atoms with Crippen molar-refractivity contribution in [2.75, 3.05) is 10.2 Å². The first-order valence-electron chi connectivity index (χ1n) is 7.33. The SMILES string of the molecule is CCC1(C)Nc2ccccc2C(=O)N1c1ccc(C)cc1. The van der Waals surface area contributed by atoms with Crippen molar-refractivity contribution < 1.29 is 4.79 Å². The van der Waals surface area contributed by atoms with Crippen molar-refractivity contribution in [1.29, 1.82) is 0 Å². The predicted molar refractivity (Wildman–Crippen MR) is 86.7 cm³/mol. The zero-order chi connectivity index (χ0) is 15.0. The first kappa shape index (κ1) is 13.7. The van der Waals surface area contributed by atoms with Crippen LogP contribution in [-0.4, -0.2) is 11.6 Å². The number of benzene rings is 2. The van der Waals surface area contributed by atoms with Gasteiger partial charge in [-0.1, -0.05) is 36.8 Å². The Hall–Kier alpha value is -2.29. The second-order valence-corrected chi connectivity index (χ2v) is 5.77. The summed E-state index contributed by atoms with van der Waals surface area (Å²) in [5.41, 5.74) is 3.34. The molecule has 1 atom stereocenters. The van der Waals surface area contributed by atoms with E-state index in [9.17, 15) is 4.79 Å². The Kier molecular flexibility index (Phi) is 3.20. The average molecular weight is 280 g/mol. The maximum absolute atomic E-state index is 13.0. The summed E-state index contributed by atoms with van der Waals surface area (Å²) in [5.74, 6) is 0.0533. The van der Waals surface area contributed by atoms with Crippen LogP contribution in [0.4, 0.5) is 11.4 Å². The lowest BCUT2D eigenvalue weighted by Crippen LogP contribution is -2.58. The van der Waals surface area contributed by atoms with Crippen LogP contribution in [-0.2, 0) is 0 Å². The molecule has 21 heavy (non-hydrogen) atoms. The molecule has 1 amide bonds. The van der Waals surface area contributed by atoms with E-state index < -0.39 is 5.66 Å². The van der Waals surface area contributed by atoms with Gasteiger partial charge in [-0.05, 0) is 44.5 Å². The standard InChI is InChI=1S/C18H20N2O/c1-4-18(3)19-16-8-6-5-7-15(16)17(21)20(18)14-11-9-13(2)10-12-14/h5-12,19H,4H2,1-3H3. The number of anilines is 2. The van der Waals surface area contributed by atoms with Crippen LogP contribution in [0, 0.1) is 6.92 Å². The lowest BCUT2D eigenvalue weighted by molar-refractivity contribution is 0.0956. The second-order valence-electron chi connectivity index (χ2n) is 5.77. The van der Waals surface area contributed by atoms with E-state index in [2.05, 4.69) is 19.2 Å². The van der Waals surface area contributed by atoms with Gasteiger partial charge in [-0.25, -0.2) is 0 Å². The number of nitrogens with one attached hydrogen (secondary N) is 1. The third-order valence-corrected chi connectivity index (χ3v) is 4.24. The minimum Gasteiger partial charge on any atom is -0.362 e. The molecular weight excluding hydrogens is 260 g/mol.